The predicted molar refractivity (Wildman–Crippen MR) is 82.7 cm³/mol. The molecule has 1 saturated carbocycles. The van der Waals surface area contributed by atoms with Crippen LogP contribution in [-0.2, 0) is 9.59 Å². The fourth-order valence-electron chi connectivity index (χ4n) is 3.14. The number of hydrogen-bond donors (Lipinski definition) is 1. The van der Waals surface area contributed by atoms with Crippen molar-refractivity contribution in [1.29, 1.82) is 0 Å². The van der Waals surface area contributed by atoms with E-state index in [-0.39, 0.29) is 18.4 Å². The summed E-state index contributed by atoms with van der Waals surface area (Å²) in [5.41, 5.74) is 0. The van der Waals surface area contributed by atoms with E-state index in [1.165, 1.54) is 12.8 Å². The fourth-order valence-corrected chi connectivity index (χ4v) is 4.31. The molecule has 20 heavy (non-hydrogen) atoms. The molecule has 114 valence electrons. The van der Waals surface area contributed by atoms with Crippen molar-refractivity contribution in [2.45, 2.75) is 63.2 Å². The Hall–Kier alpha value is -0.710. The van der Waals surface area contributed by atoms with Crippen LogP contribution in [0.3, 0.4) is 0 Å². The van der Waals surface area contributed by atoms with E-state index in [1.54, 1.807) is 4.90 Å². The van der Waals surface area contributed by atoms with Crippen molar-refractivity contribution in [3.63, 3.8) is 0 Å². The van der Waals surface area contributed by atoms with Crippen molar-refractivity contribution < 1.29 is 9.59 Å². The summed E-state index contributed by atoms with van der Waals surface area (Å²) in [5.74, 6) is 1.30. The maximum absolute atomic E-state index is 12.1. The van der Waals surface area contributed by atoms with Crippen LogP contribution in [0, 0.1) is 0 Å². The highest BCUT2D eigenvalue weighted by molar-refractivity contribution is 7.99. The highest BCUT2D eigenvalue weighted by atomic mass is 32.2. The van der Waals surface area contributed by atoms with Crippen molar-refractivity contribution >= 4 is 23.6 Å². The van der Waals surface area contributed by atoms with Gasteiger partial charge in [0.05, 0.1) is 6.54 Å². The minimum absolute atomic E-state index is 0.0207. The first kappa shape index (κ1) is 15.7. The fraction of sp³-hybridized carbons (Fsp3) is 0.867. The van der Waals surface area contributed by atoms with Gasteiger partial charge in [-0.2, -0.15) is 11.8 Å². The number of piperidine rings is 1. The van der Waals surface area contributed by atoms with Crippen molar-refractivity contribution in [2.75, 3.05) is 18.8 Å². The average Bonchev–Trinajstić information content (AvgIpc) is 2.42. The van der Waals surface area contributed by atoms with Gasteiger partial charge in [0.2, 0.25) is 11.8 Å². The predicted octanol–water partition coefficient (Wildman–Crippen LogP) is 2.18. The van der Waals surface area contributed by atoms with Gasteiger partial charge >= 0.3 is 0 Å². The molecular weight excluding hydrogens is 272 g/mol. The Balaban J connectivity index is 1.74. The first-order valence-corrected chi connectivity index (χ1v) is 8.92. The van der Waals surface area contributed by atoms with Gasteiger partial charge in [0.15, 0.2) is 0 Å². The number of amides is 2. The van der Waals surface area contributed by atoms with Crippen LogP contribution in [0.2, 0.25) is 0 Å². The standard InChI is InChI=1S/C15H26N2O2S/c1-2-20-13-7-5-6-12(10-13)16-14(18)11-17-9-4-3-8-15(17)19/h12-13H,2-11H2,1H3,(H,16,18)/t12-,13-/m1/s1. The summed E-state index contributed by atoms with van der Waals surface area (Å²) in [6.07, 6.45) is 7.23. The van der Waals surface area contributed by atoms with Crippen LogP contribution in [0.25, 0.3) is 0 Å². The Bertz CT molecular complexity index is 347. The number of hydrogen-bond acceptors (Lipinski definition) is 3. The van der Waals surface area contributed by atoms with Crippen LogP contribution in [0.4, 0.5) is 0 Å². The van der Waals surface area contributed by atoms with Gasteiger partial charge in [0.1, 0.15) is 0 Å². The lowest BCUT2D eigenvalue weighted by molar-refractivity contribution is -0.138. The van der Waals surface area contributed by atoms with E-state index < -0.39 is 0 Å². The molecule has 1 saturated heterocycles. The topological polar surface area (TPSA) is 49.4 Å². The molecule has 2 aliphatic rings. The molecule has 1 aliphatic carbocycles. The van der Waals surface area contributed by atoms with Gasteiger partial charge in [0.25, 0.3) is 0 Å². The van der Waals surface area contributed by atoms with E-state index in [1.807, 2.05) is 11.8 Å². The number of rotatable bonds is 5. The largest absolute Gasteiger partial charge is 0.352 e. The van der Waals surface area contributed by atoms with E-state index in [2.05, 4.69) is 12.2 Å². The van der Waals surface area contributed by atoms with Crippen molar-refractivity contribution in [3.05, 3.63) is 0 Å². The molecule has 2 amide bonds. The number of nitrogens with zero attached hydrogens (tertiary/aromatic N) is 1. The maximum atomic E-state index is 12.1. The van der Waals surface area contributed by atoms with Crippen LogP contribution in [-0.4, -0.2) is 46.8 Å². The summed E-state index contributed by atoms with van der Waals surface area (Å²) in [7, 11) is 0. The number of thioether (sulfide) groups is 1. The molecule has 0 unspecified atom stereocenters. The van der Waals surface area contributed by atoms with Crippen LogP contribution >= 0.6 is 11.8 Å². The van der Waals surface area contributed by atoms with Gasteiger partial charge in [0, 0.05) is 24.3 Å². The van der Waals surface area contributed by atoms with E-state index in [4.69, 9.17) is 0 Å². The Morgan fingerprint density at radius 2 is 2.20 bits per heavy atom. The first-order valence-electron chi connectivity index (χ1n) is 7.87. The Morgan fingerprint density at radius 3 is 2.95 bits per heavy atom. The van der Waals surface area contributed by atoms with Crippen molar-refractivity contribution in [1.82, 2.24) is 10.2 Å². The van der Waals surface area contributed by atoms with Gasteiger partial charge < -0.3 is 10.2 Å². The van der Waals surface area contributed by atoms with E-state index in [9.17, 15) is 9.59 Å². The van der Waals surface area contributed by atoms with Crippen LogP contribution in [0.15, 0.2) is 0 Å². The lowest BCUT2D eigenvalue weighted by Gasteiger charge is -2.31. The molecule has 0 aromatic heterocycles. The lowest BCUT2D eigenvalue weighted by atomic mass is 9.95. The maximum Gasteiger partial charge on any atom is 0.239 e. The molecule has 2 rings (SSSR count). The molecule has 1 heterocycles. The number of carbonyl (C=O) groups excluding carboxylic acids is 2. The van der Waals surface area contributed by atoms with Gasteiger partial charge in [-0.25, -0.2) is 0 Å². The van der Waals surface area contributed by atoms with Crippen LogP contribution in [0.5, 0.6) is 0 Å². The number of carbonyl (C=O) groups is 2. The van der Waals surface area contributed by atoms with Crippen LogP contribution < -0.4 is 5.32 Å². The summed E-state index contributed by atoms with van der Waals surface area (Å²) < 4.78 is 0. The molecule has 2 atom stereocenters. The minimum Gasteiger partial charge on any atom is -0.352 e. The second-order valence-corrected chi connectivity index (χ2v) is 7.36. The van der Waals surface area contributed by atoms with Crippen molar-refractivity contribution in [3.8, 4) is 0 Å². The Morgan fingerprint density at radius 1 is 1.35 bits per heavy atom. The Labute approximate surface area is 126 Å². The van der Waals surface area contributed by atoms with Gasteiger partial charge in [-0.3, -0.25) is 9.59 Å². The van der Waals surface area contributed by atoms with Gasteiger partial charge in [-0.05, 0) is 37.9 Å². The molecular formula is C15H26N2O2S. The summed E-state index contributed by atoms with van der Waals surface area (Å²) in [4.78, 5) is 25.5. The molecule has 2 fully saturated rings. The van der Waals surface area contributed by atoms with E-state index in [0.29, 0.717) is 17.7 Å². The molecule has 0 aromatic rings. The molecule has 4 nitrogen and oxygen atoms in total. The first-order chi connectivity index (χ1) is 9.69. The average molecular weight is 298 g/mol. The van der Waals surface area contributed by atoms with Gasteiger partial charge in [-0.1, -0.05) is 13.3 Å². The molecule has 0 bridgehead atoms. The summed E-state index contributed by atoms with van der Waals surface area (Å²) in [5, 5.41) is 3.82. The second kappa shape index (κ2) is 7.91. The zero-order valence-corrected chi connectivity index (χ0v) is 13.2. The molecule has 1 aliphatic heterocycles. The minimum atomic E-state index is 0.0207. The van der Waals surface area contributed by atoms with Crippen LogP contribution in [0.1, 0.15) is 51.9 Å². The Kier molecular flexibility index (Phi) is 6.20. The summed E-state index contributed by atoms with van der Waals surface area (Å²) in [6.45, 7) is 3.18. The summed E-state index contributed by atoms with van der Waals surface area (Å²) >= 11 is 2.00. The highest BCUT2D eigenvalue weighted by Crippen LogP contribution is 2.28. The number of nitrogens with one attached hydrogen (secondary N) is 1. The molecule has 0 aromatic carbocycles. The third kappa shape index (κ3) is 4.69. The zero-order chi connectivity index (χ0) is 14.4. The van der Waals surface area contributed by atoms with Gasteiger partial charge in [-0.15, -0.1) is 0 Å². The molecule has 1 N–H and O–H groups in total. The molecule has 5 heteroatoms. The SMILES string of the molecule is CCS[C@@H]1CCC[C@@H](NC(=O)CN2CCCCC2=O)C1. The molecule has 0 radical (unpaired) electrons. The monoisotopic (exact) mass is 298 g/mol. The molecule has 0 spiro atoms. The third-order valence-electron chi connectivity index (χ3n) is 4.15. The summed E-state index contributed by atoms with van der Waals surface area (Å²) in [6, 6.07) is 0.306. The lowest BCUT2D eigenvalue weighted by Crippen LogP contribution is -2.47. The van der Waals surface area contributed by atoms with E-state index in [0.717, 1.165) is 38.0 Å². The van der Waals surface area contributed by atoms with E-state index >= 15 is 0 Å². The van der Waals surface area contributed by atoms with Crippen molar-refractivity contribution in [2.24, 2.45) is 0 Å². The smallest absolute Gasteiger partial charge is 0.239 e. The second-order valence-electron chi connectivity index (χ2n) is 5.78. The quantitative estimate of drug-likeness (QED) is 0.846. The third-order valence-corrected chi connectivity index (χ3v) is 5.38. The number of likely N-dealkylation sites (tertiary alicyclic amines) is 1. The normalized spacial score (nSPS) is 27.4. The highest BCUT2D eigenvalue weighted by Gasteiger charge is 2.25. The zero-order valence-electron chi connectivity index (χ0n) is 12.4.